The SMILES string of the molecule is CC(c1nc2ccccc2n1C(F)F)N(C)CCCOc1ccccc1. The van der Waals surface area contributed by atoms with E-state index in [-0.39, 0.29) is 6.04 Å². The summed E-state index contributed by atoms with van der Waals surface area (Å²) >= 11 is 0. The highest BCUT2D eigenvalue weighted by Crippen LogP contribution is 2.28. The van der Waals surface area contributed by atoms with Gasteiger partial charge in [-0.1, -0.05) is 30.3 Å². The van der Waals surface area contributed by atoms with E-state index >= 15 is 0 Å². The van der Waals surface area contributed by atoms with Crippen molar-refractivity contribution >= 4 is 11.0 Å². The fourth-order valence-electron chi connectivity index (χ4n) is 2.97. The van der Waals surface area contributed by atoms with Crippen molar-refractivity contribution in [3.63, 3.8) is 0 Å². The first-order valence-electron chi connectivity index (χ1n) is 8.71. The number of halogens is 2. The van der Waals surface area contributed by atoms with Crippen molar-refractivity contribution in [1.82, 2.24) is 14.5 Å². The molecule has 1 aromatic heterocycles. The monoisotopic (exact) mass is 359 g/mol. The van der Waals surface area contributed by atoms with Gasteiger partial charge in [-0.05, 0) is 44.7 Å². The van der Waals surface area contributed by atoms with Crippen LogP contribution >= 0.6 is 0 Å². The Labute approximate surface area is 152 Å². The Balaban J connectivity index is 1.64. The Morgan fingerprint density at radius 1 is 1.08 bits per heavy atom. The summed E-state index contributed by atoms with van der Waals surface area (Å²) in [5.74, 6) is 1.22. The molecular formula is C20H23F2N3O. The highest BCUT2D eigenvalue weighted by molar-refractivity contribution is 5.76. The Kier molecular flexibility index (Phi) is 5.83. The van der Waals surface area contributed by atoms with Crippen LogP contribution in [0.2, 0.25) is 0 Å². The zero-order valence-corrected chi connectivity index (χ0v) is 15.0. The fourth-order valence-corrected chi connectivity index (χ4v) is 2.97. The van der Waals surface area contributed by atoms with E-state index in [2.05, 4.69) is 4.98 Å². The van der Waals surface area contributed by atoms with Gasteiger partial charge >= 0.3 is 6.55 Å². The molecule has 1 unspecified atom stereocenters. The summed E-state index contributed by atoms with van der Waals surface area (Å²) in [5, 5.41) is 0. The molecule has 6 heteroatoms. The van der Waals surface area contributed by atoms with Gasteiger partial charge in [0.05, 0.1) is 23.7 Å². The molecule has 138 valence electrons. The molecule has 0 saturated carbocycles. The van der Waals surface area contributed by atoms with Crippen LogP contribution in [0.15, 0.2) is 54.6 Å². The van der Waals surface area contributed by atoms with Gasteiger partial charge < -0.3 is 4.74 Å². The summed E-state index contributed by atoms with van der Waals surface area (Å²) in [7, 11) is 1.92. The summed E-state index contributed by atoms with van der Waals surface area (Å²) in [5.41, 5.74) is 1.06. The average molecular weight is 359 g/mol. The van der Waals surface area contributed by atoms with E-state index in [1.165, 1.54) is 0 Å². The molecule has 1 heterocycles. The molecule has 3 aromatic rings. The molecule has 0 N–H and O–H groups in total. The van der Waals surface area contributed by atoms with E-state index in [1.54, 1.807) is 18.2 Å². The molecule has 0 aliphatic heterocycles. The van der Waals surface area contributed by atoms with Crippen molar-refractivity contribution in [2.24, 2.45) is 0 Å². The highest BCUT2D eigenvalue weighted by Gasteiger charge is 2.23. The third kappa shape index (κ3) is 4.02. The van der Waals surface area contributed by atoms with E-state index in [4.69, 9.17) is 4.74 Å². The van der Waals surface area contributed by atoms with Gasteiger partial charge in [0.15, 0.2) is 0 Å². The van der Waals surface area contributed by atoms with Gasteiger partial charge in [-0.25, -0.2) is 4.98 Å². The molecule has 0 saturated heterocycles. The average Bonchev–Trinajstić information content (AvgIpc) is 3.05. The molecule has 2 aromatic carbocycles. The molecule has 4 nitrogen and oxygen atoms in total. The molecular weight excluding hydrogens is 336 g/mol. The van der Waals surface area contributed by atoms with E-state index in [0.29, 0.717) is 23.5 Å². The predicted octanol–water partition coefficient (Wildman–Crippen LogP) is 4.89. The summed E-state index contributed by atoms with van der Waals surface area (Å²) in [4.78, 5) is 6.46. The van der Waals surface area contributed by atoms with Gasteiger partial charge in [-0.15, -0.1) is 0 Å². The first kappa shape index (κ1) is 18.3. The lowest BCUT2D eigenvalue weighted by atomic mass is 10.2. The van der Waals surface area contributed by atoms with Gasteiger partial charge in [0.1, 0.15) is 11.6 Å². The molecule has 0 fully saturated rings. The number of hydrogen-bond acceptors (Lipinski definition) is 3. The number of rotatable bonds is 8. The van der Waals surface area contributed by atoms with Crippen molar-refractivity contribution in [2.75, 3.05) is 20.2 Å². The van der Waals surface area contributed by atoms with Crippen molar-refractivity contribution in [1.29, 1.82) is 0 Å². The lowest BCUT2D eigenvalue weighted by molar-refractivity contribution is 0.0658. The van der Waals surface area contributed by atoms with Crippen LogP contribution in [0.5, 0.6) is 5.75 Å². The van der Waals surface area contributed by atoms with Crippen LogP contribution in [0, 0.1) is 0 Å². The van der Waals surface area contributed by atoms with E-state index < -0.39 is 6.55 Å². The molecule has 26 heavy (non-hydrogen) atoms. The van der Waals surface area contributed by atoms with Crippen molar-refractivity contribution in [3.8, 4) is 5.75 Å². The van der Waals surface area contributed by atoms with E-state index in [1.807, 2.05) is 55.3 Å². The van der Waals surface area contributed by atoms with Gasteiger partial charge in [-0.3, -0.25) is 9.47 Å². The lowest BCUT2D eigenvalue weighted by Gasteiger charge is -2.25. The Hall–Kier alpha value is -2.47. The fraction of sp³-hybridized carbons (Fsp3) is 0.350. The summed E-state index contributed by atoms with van der Waals surface area (Å²) in [6, 6.07) is 16.4. The van der Waals surface area contributed by atoms with Crippen LogP contribution in [0.4, 0.5) is 8.78 Å². The number of imidazole rings is 1. The molecule has 0 spiro atoms. The van der Waals surface area contributed by atoms with Crippen molar-refractivity contribution < 1.29 is 13.5 Å². The third-order valence-corrected chi connectivity index (χ3v) is 4.52. The minimum atomic E-state index is -2.62. The van der Waals surface area contributed by atoms with Crippen molar-refractivity contribution in [3.05, 3.63) is 60.4 Å². The summed E-state index contributed by atoms with van der Waals surface area (Å²) in [6.45, 7) is 0.583. The molecule has 3 rings (SSSR count). The molecule has 0 aliphatic carbocycles. The number of aromatic nitrogens is 2. The maximum atomic E-state index is 13.6. The van der Waals surface area contributed by atoms with Crippen LogP contribution in [-0.2, 0) is 0 Å². The van der Waals surface area contributed by atoms with Gasteiger partial charge in [0.2, 0.25) is 0 Å². The number of fused-ring (bicyclic) bond motifs is 1. The summed E-state index contributed by atoms with van der Waals surface area (Å²) < 4.78 is 33.9. The summed E-state index contributed by atoms with van der Waals surface area (Å²) in [6.07, 6.45) is 0.796. The smallest absolute Gasteiger partial charge is 0.320 e. The first-order chi connectivity index (χ1) is 12.6. The maximum absolute atomic E-state index is 13.6. The zero-order chi connectivity index (χ0) is 18.5. The standard InChI is InChI=1S/C20H23F2N3O/c1-15(24(2)13-8-14-26-16-9-4-3-5-10-16)19-23-17-11-6-7-12-18(17)25(19)20(21)22/h3-7,9-12,15,20H,8,13-14H2,1-2H3. The second-order valence-corrected chi connectivity index (χ2v) is 6.28. The van der Waals surface area contributed by atoms with Gasteiger partial charge in [0, 0.05) is 6.54 Å². The topological polar surface area (TPSA) is 30.3 Å². The zero-order valence-electron chi connectivity index (χ0n) is 15.0. The number of benzene rings is 2. The molecule has 1 atom stereocenters. The maximum Gasteiger partial charge on any atom is 0.320 e. The molecule has 0 bridgehead atoms. The number of nitrogens with zero attached hydrogens (tertiary/aromatic N) is 3. The van der Waals surface area contributed by atoms with Crippen LogP contribution in [0.25, 0.3) is 11.0 Å². The van der Waals surface area contributed by atoms with E-state index in [9.17, 15) is 8.78 Å². The number of para-hydroxylation sites is 3. The molecule has 0 radical (unpaired) electrons. The largest absolute Gasteiger partial charge is 0.494 e. The predicted molar refractivity (Wildman–Crippen MR) is 98.6 cm³/mol. The molecule has 0 aliphatic rings. The second kappa shape index (κ2) is 8.27. The quantitative estimate of drug-likeness (QED) is 0.536. The number of hydrogen-bond donors (Lipinski definition) is 0. The second-order valence-electron chi connectivity index (χ2n) is 6.28. The third-order valence-electron chi connectivity index (χ3n) is 4.52. The van der Waals surface area contributed by atoms with Crippen LogP contribution in [0.1, 0.15) is 31.8 Å². The van der Waals surface area contributed by atoms with E-state index in [0.717, 1.165) is 23.3 Å². The first-order valence-corrected chi connectivity index (χ1v) is 8.71. The Morgan fingerprint density at radius 2 is 1.77 bits per heavy atom. The lowest BCUT2D eigenvalue weighted by Crippen LogP contribution is -2.27. The van der Waals surface area contributed by atoms with Crippen LogP contribution < -0.4 is 4.74 Å². The van der Waals surface area contributed by atoms with Gasteiger partial charge in [0.25, 0.3) is 0 Å². The number of ether oxygens (including phenoxy) is 1. The normalized spacial score (nSPS) is 12.8. The van der Waals surface area contributed by atoms with Crippen LogP contribution in [-0.4, -0.2) is 34.7 Å². The Bertz CT molecular complexity index is 835. The minimum Gasteiger partial charge on any atom is -0.494 e. The molecule has 0 amide bonds. The minimum absolute atomic E-state index is 0.229. The van der Waals surface area contributed by atoms with Crippen LogP contribution in [0.3, 0.4) is 0 Å². The highest BCUT2D eigenvalue weighted by atomic mass is 19.3. The van der Waals surface area contributed by atoms with Gasteiger partial charge in [-0.2, -0.15) is 8.78 Å². The number of alkyl halides is 2. The van der Waals surface area contributed by atoms with Crippen molar-refractivity contribution in [2.45, 2.75) is 25.9 Å². The Morgan fingerprint density at radius 3 is 2.50 bits per heavy atom.